The maximum atomic E-state index is 12.8. The molecule has 6 nitrogen and oxygen atoms in total. The van der Waals surface area contributed by atoms with Gasteiger partial charge in [-0.1, -0.05) is 6.07 Å². The second-order valence-corrected chi connectivity index (χ2v) is 6.66. The fourth-order valence-corrected chi connectivity index (χ4v) is 3.77. The summed E-state index contributed by atoms with van der Waals surface area (Å²) in [6.45, 7) is 2.39. The Labute approximate surface area is 141 Å². The first-order valence-electron chi connectivity index (χ1n) is 8.66. The normalized spacial score (nSPS) is 24.2. The van der Waals surface area contributed by atoms with Crippen molar-refractivity contribution in [2.45, 2.75) is 37.7 Å². The van der Waals surface area contributed by atoms with E-state index in [9.17, 15) is 4.79 Å². The van der Waals surface area contributed by atoms with Gasteiger partial charge in [0.1, 0.15) is 11.4 Å². The molecule has 1 amide bonds. The number of nitrogens with one attached hydrogen (secondary N) is 1. The molecule has 4 rings (SSSR count). The zero-order valence-corrected chi connectivity index (χ0v) is 13.7. The van der Waals surface area contributed by atoms with E-state index in [0.29, 0.717) is 11.4 Å². The van der Waals surface area contributed by atoms with Crippen molar-refractivity contribution >= 4 is 5.91 Å². The summed E-state index contributed by atoms with van der Waals surface area (Å²) in [6, 6.07) is 7.45. The molecule has 1 atom stereocenters. The third-order valence-electron chi connectivity index (χ3n) is 5.11. The average molecular weight is 326 g/mol. The number of carbonyl (C=O) groups excluding carboxylic acids is 1. The van der Waals surface area contributed by atoms with Crippen molar-refractivity contribution in [1.82, 2.24) is 20.1 Å². The van der Waals surface area contributed by atoms with Crippen LogP contribution in [0.5, 0.6) is 0 Å². The Morgan fingerprint density at radius 1 is 1.17 bits per heavy atom. The summed E-state index contributed by atoms with van der Waals surface area (Å²) in [5, 5.41) is 7.11. The summed E-state index contributed by atoms with van der Waals surface area (Å²) >= 11 is 0. The van der Waals surface area contributed by atoms with Crippen LogP contribution in [0.15, 0.2) is 30.5 Å². The van der Waals surface area contributed by atoms with Gasteiger partial charge in [0.2, 0.25) is 0 Å². The molecule has 2 aromatic heterocycles. The van der Waals surface area contributed by atoms with Crippen molar-refractivity contribution in [2.24, 2.45) is 0 Å². The van der Waals surface area contributed by atoms with E-state index in [1.165, 1.54) is 0 Å². The second-order valence-electron chi connectivity index (χ2n) is 6.66. The fraction of sp³-hybridized carbons (Fsp3) is 0.500. The van der Waals surface area contributed by atoms with Crippen LogP contribution >= 0.6 is 0 Å². The summed E-state index contributed by atoms with van der Waals surface area (Å²) in [5.74, 6) is 0.0136. The third kappa shape index (κ3) is 2.94. The van der Waals surface area contributed by atoms with E-state index in [1.54, 1.807) is 12.3 Å². The molecule has 0 unspecified atom stereocenters. The van der Waals surface area contributed by atoms with Gasteiger partial charge in [-0.2, -0.15) is 5.10 Å². The molecule has 0 saturated carbocycles. The minimum absolute atomic E-state index is 0.0136. The molecule has 0 aliphatic carbocycles. The molecule has 2 aliphatic rings. The van der Waals surface area contributed by atoms with Crippen LogP contribution in [0.3, 0.4) is 0 Å². The SMILES string of the molecule is O=C(c1cc(-c2ccccn2)n[nH]1)N1CCC[C@@]2(CCCO2)CC1. The molecule has 2 saturated heterocycles. The predicted molar refractivity (Wildman–Crippen MR) is 89.5 cm³/mol. The first-order valence-corrected chi connectivity index (χ1v) is 8.66. The lowest BCUT2D eigenvalue weighted by Gasteiger charge is -2.26. The van der Waals surface area contributed by atoms with Gasteiger partial charge in [0.15, 0.2) is 0 Å². The van der Waals surface area contributed by atoms with E-state index in [-0.39, 0.29) is 11.5 Å². The second kappa shape index (κ2) is 6.36. The summed E-state index contributed by atoms with van der Waals surface area (Å²) in [6.07, 6.45) is 6.97. The molecule has 1 N–H and O–H groups in total. The minimum atomic E-state index is 0.0136. The Morgan fingerprint density at radius 2 is 2.08 bits per heavy atom. The van der Waals surface area contributed by atoms with Crippen LogP contribution in [0.1, 0.15) is 42.6 Å². The van der Waals surface area contributed by atoms with E-state index >= 15 is 0 Å². The van der Waals surface area contributed by atoms with Crippen molar-refractivity contribution in [3.05, 3.63) is 36.2 Å². The zero-order chi connectivity index (χ0) is 16.4. The number of ether oxygens (including phenoxy) is 1. The largest absolute Gasteiger partial charge is 0.375 e. The quantitative estimate of drug-likeness (QED) is 0.921. The number of carbonyl (C=O) groups is 1. The van der Waals surface area contributed by atoms with Crippen molar-refractivity contribution < 1.29 is 9.53 Å². The lowest BCUT2D eigenvalue weighted by Crippen LogP contribution is -2.34. The van der Waals surface area contributed by atoms with E-state index in [0.717, 1.165) is 57.5 Å². The molecule has 2 fully saturated rings. The maximum Gasteiger partial charge on any atom is 0.271 e. The van der Waals surface area contributed by atoms with Gasteiger partial charge in [-0.3, -0.25) is 14.9 Å². The van der Waals surface area contributed by atoms with Gasteiger partial charge in [-0.05, 0) is 50.3 Å². The number of amides is 1. The van der Waals surface area contributed by atoms with E-state index < -0.39 is 0 Å². The van der Waals surface area contributed by atoms with Gasteiger partial charge in [-0.25, -0.2) is 0 Å². The summed E-state index contributed by atoms with van der Waals surface area (Å²) < 4.78 is 5.99. The van der Waals surface area contributed by atoms with Gasteiger partial charge >= 0.3 is 0 Å². The highest BCUT2D eigenvalue weighted by Gasteiger charge is 2.37. The van der Waals surface area contributed by atoms with Gasteiger partial charge in [0, 0.05) is 25.9 Å². The van der Waals surface area contributed by atoms with Crippen LogP contribution in [0, 0.1) is 0 Å². The Morgan fingerprint density at radius 3 is 2.88 bits per heavy atom. The van der Waals surface area contributed by atoms with Gasteiger partial charge in [-0.15, -0.1) is 0 Å². The Kier molecular flexibility index (Phi) is 4.06. The first-order chi connectivity index (χ1) is 11.8. The number of hydrogen-bond donors (Lipinski definition) is 1. The predicted octanol–water partition coefficient (Wildman–Crippen LogP) is 2.65. The van der Waals surface area contributed by atoms with Crippen molar-refractivity contribution in [3.8, 4) is 11.4 Å². The Hall–Kier alpha value is -2.21. The van der Waals surface area contributed by atoms with Crippen LogP contribution in [0.2, 0.25) is 0 Å². The molecule has 24 heavy (non-hydrogen) atoms. The van der Waals surface area contributed by atoms with Crippen LogP contribution in [-0.4, -0.2) is 51.3 Å². The lowest BCUT2D eigenvalue weighted by molar-refractivity contribution is -0.00693. The molecule has 1 spiro atoms. The first kappa shape index (κ1) is 15.3. The zero-order valence-electron chi connectivity index (χ0n) is 13.7. The topological polar surface area (TPSA) is 71.1 Å². The number of rotatable bonds is 2. The van der Waals surface area contributed by atoms with Crippen LogP contribution < -0.4 is 0 Å². The van der Waals surface area contributed by atoms with Crippen LogP contribution in [-0.2, 0) is 4.74 Å². The standard InChI is InChI=1S/C18H22N4O2/c23-17(16-13-15(20-21-16)14-5-1-2-9-19-14)22-10-3-6-18(8-11-22)7-4-12-24-18/h1-2,5,9,13H,3-4,6-8,10-12H2,(H,20,21)/t18-/m1/s1. The van der Waals surface area contributed by atoms with Crippen molar-refractivity contribution in [2.75, 3.05) is 19.7 Å². The van der Waals surface area contributed by atoms with E-state index in [4.69, 9.17) is 4.74 Å². The molecule has 4 heterocycles. The molecule has 0 radical (unpaired) electrons. The lowest BCUT2D eigenvalue weighted by atomic mass is 9.92. The molecular weight excluding hydrogens is 304 g/mol. The van der Waals surface area contributed by atoms with E-state index in [2.05, 4.69) is 15.2 Å². The monoisotopic (exact) mass is 326 g/mol. The molecule has 0 bridgehead atoms. The Balaban J connectivity index is 1.47. The number of hydrogen-bond acceptors (Lipinski definition) is 4. The highest BCUT2D eigenvalue weighted by molar-refractivity contribution is 5.93. The number of H-pyrrole nitrogens is 1. The summed E-state index contributed by atoms with van der Waals surface area (Å²) in [7, 11) is 0. The molecule has 6 heteroatoms. The number of nitrogens with zero attached hydrogens (tertiary/aromatic N) is 3. The smallest absolute Gasteiger partial charge is 0.271 e. The fourth-order valence-electron chi connectivity index (χ4n) is 3.77. The van der Waals surface area contributed by atoms with Crippen LogP contribution in [0.25, 0.3) is 11.4 Å². The van der Waals surface area contributed by atoms with Crippen molar-refractivity contribution in [3.63, 3.8) is 0 Å². The van der Waals surface area contributed by atoms with Gasteiger partial charge < -0.3 is 9.64 Å². The Bertz CT molecular complexity index is 707. The molecule has 2 aliphatic heterocycles. The third-order valence-corrected chi connectivity index (χ3v) is 5.11. The molecule has 0 aromatic carbocycles. The maximum absolute atomic E-state index is 12.8. The number of aromatic amines is 1. The number of aromatic nitrogens is 3. The number of likely N-dealkylation sites (tertiary alicyclic amines) is 1. The minimum Gasteiger partial charge on any atom is -0.375 e. The summed E-state index contributed by atoms with van der Waals surface area (Å²) in [5.41, 5.74) is 2.01. The highest BCUT2D eigenvalue weighted by atomic mass is 16.5. The molecule has 2 aromatic rings. The van der Waals surface area contributed by atoms with Crippen molar-refractivity contribution in [1.29, 1.82) is 0 Å². The molecule has 126 valence electrons. The average Bonchev–Trinajstić information content (AvgIpc) is 3.23. The highest BCUT2D eigenvalue weighted by Crippen LogP contribution is 2.35. The summed E-state index contributed by atoms with van der Waals surface area (Å²) in [4.78, 5) is 19.0. The van der Waals surface area contributed by atoms with E-state index in [1.807, 2.05) is 23.1 Å². The molecular formula is C18H22N4O2. The van der Waals surface area contributed by atoms with Gasteiger partial charge in [0.25, 0.3) is 5.91 Å². The van der Waals surface area contributed by atoms with Gasteiger partial charge in [0.05, 0.1) is 11.3 Å². The van der Waals surface area contributed by atoms with Crippen LogP contribution in [0.4, 0.5) is 0 Å². The number of pyridine rings is 1.